The molecule has 10 nitrogen and oxygen atoms in total. The molecule has 0 spiro atoms. The number of nitrogens with zero attached hydrogens (tertiary/aromatic N) is 6. The van der Waals surface area contributed by atoms with Crippen molar-refractivity contribution in [1.82, 2.24) is 9.97 Å². The smallest absolute Gasteiger partial charge is 0.228 e. The first-order chi connectivity index (χ1) is 20.4. The van der Waals surface area contributed by atoms with Crippen LogP contribution in [0.3, 0.4) is 0 Å². The maximum atomic E-state index is 13.6. The molecule has 1 saturated carbocycles. The molecule has 2 aromatic carbocycles. The summed E-state index contributed by atoms with van der Waals surface area (Å²) in [6.45, 7) is 1.01. The minimum atomic E-state index is -0.494. The van der Waals surface area contributed by atoms with Crippen LogP contribution in [0.1, 0.15) is 43.2 Å². The topological polar surface area (TPSA) is 138 Å². The second-order valence-electron chi connectivity index (χ2n) is 11.3. The largest absolute Gasteiger partial charge is 0.347 e. The molecule has 1 aliphatic heterocycles. The molecular weight excluding hydrogens is 528 g/mol. The third kappa shape index (κ3) is 7.30. The van der Waals surface area contributed by atoms with Gasteiger partial charge in [0.15, 0.2) is 12.5 Å². The van der Waals surface area contributed by atoms with Crippen molar-refractivity contribution < 1.29 is 9.59 Å². The summed E-state index contributed by atoms with van der Waals surface area (Å²) in [5, 5.41) is 11.0. The van der Waals surface area contributed by atoms with Crippen LogP contribution in [0, 0.1) is 17.8 Å². The number of carbonyl (C=O) groups is 2. The standard InChI is InChI=1S/C32H38N8O2/c1-40(2)32-34-18-27(19-35-32)23-7-3-21(4-8-23)15-26(16-29(41)24-9-5-22(17-33)6-10-24)31(42)38-28-13-11-25(12-14-28)30-36-20-37-39-30/h3-4,7-8,11-14,18-19,22,24,26H,5-6,9-10,15-17,20,33H2,1-2H3,(H,38,42)/t22?,24?,26-/m1/s1. The molecule has 1 fully saturated rings. The Labute approximate surface area is 246 Å². The number of benzene rings is 2. The lowest BCUT2D eigenvalue weighted by Crippen LogP contribution is -2.31. The molecular formula is C32H38N8O2. The van der Waals surface area contributed by atoms with E-state index in [1.165, 1.54) is 0 Å². The van der Waals surface area contributed by atoms with Gasteiger partial charge >= 0.3 is 0 Å². The zero-order valence-corrected chi connectivity index (χ0v) is 24.2. The second-order valence-corrected chi connectivity index (χ2v) is 11.3. The number of anilines is 2. The van der Waals surface area contributed by atoms with Crippen molar-refractivity contribution in [2.45, 2.75) is 38.5 Å². The number of amides is 1. The van der Waals surface area contributed by atoms with Crippen LogP contribution < -0.4 is 16.0 Å². The fourth-order valence-electron chi connectivity index (χ4n) is 5.53. The van der Waals surface area contributed by atoms with E-state index in [1.807, 2.05) is 67.5 Å². The van der Waals surface area contributed by atoms with Crippen LogP contribution in [0.2, 0.25) is 0 Å². The van der Waals surface area contributed by atoms with Gasteiger partial charge < -0.3 is 16.0 Å². The molecule has 1 aromatic heterocycles. The first kappa shape index (κ1) is 29.2. The van der Waals surface area contributed by atoms with Crippen LogP contribution in [0.4, 0.5) is 11.6 Å². The highest BCUT2D eigenvalue weighted by atomic mass is 16.2. The lowest BCUT2D eigenvalue weighted by molar-refractivity contribution is -0.129. The van der Waals surface area contributed by atoms with Crippen molar-refractivity contribution in [1.29, 1.82) is 0 Å². The van der Waals surface area contributed by atoms with Crippen molar-refractivity contribution in [3.63, 3.8) is 0 Å². The Morgan fingerprint density at radius 1 is 0.929 bits per heavy atom. The number of ketones is 1. The van der Waals surface area contributed by atoms with Crippen LogP contribution in [0.15, 0.2) is 76.1 Å². The number of rotatable bonds is 11. The van der Waals surface area contributed by atoms with E-state index >= 15 is 0 Å². The maximum Gasteiger partial charge on any atom is 0.228 e. The lowest BCUT2D eigenvalue weighted by Gasteiger charge is -2.27. The molecule has 1 aliphatic carbocycles. The quantitative estimate of drug-likeness (QED) is 0.339. The molecule has 0 unspecified atom stereocenters. The molecule has 3 aromatic rings. The highest BCUT2D eigenvalue weighted by Gasteiger charge is 2.30. The highest BCUT2D eigenvalue weighted by molar-refractivity contribution is 6.01. The molecule has 42 heavy (non-hydrogen) atoms. The van der Waals surface area contributed by atoms with Gasteiger partial charge in [-0.2, -0.15) is 5.11 Å². The van der Waals surface area contributed by atoms with Crippen LogP contribution in [0.25, 0.3) is 11.1 Å². The van der Waals surface area contributed by atoms with Crippen LogP contribution in [0.5, 0.6) is 0 Å². The summed E-state index contributed by atoms with van der Waals surface area (Å²) in [6, 6.07) is 15.4. The van der Waals surface area contributed by atoms with E-state index in [0.717, 1.165) is 47.9 Å². The van der Waals surface area contributed by atoms with Gasteiger partial charge in [0.05, 0.1) is 0 Å². The Balaban J connectivity index is 1.29. The average molecular weight is 567 g/mol. The summed E-state index contributed by atoms with van der Waals surface area (Å²) in [5.74, 6) is 1.24. The van der Waals surface area contributed by atoms with Gasteiger partial charge in [-0.3, -0.25) is 9.59 Å². The molecule has 5 rings (SSSR count). The normalized spacial score (nSPS) is 18.8. The number of amidine groups is 1. The first-order valence-corrected chi connectivity index (χ1v) is 14.5. The molecule has 10 heteroatoms. The summed E-state index contributed by atoms with van der Waals surface area (Å²) >= 11 is 0. The summed E-state index contributed by atoms with van der Waals surface area (Å²) in [4.78, 5) is 41.9. The number of hydrogen-bond acceptors (Lipinski definition) is 9. The molecule has 0 radical (unpaired) electrons. The Hall–Kier alpha value is -4.31. The van der Waals surface area contributed by atoms with Crippen molar-refractivity contribution in [3.8, 4) is 11.1 Å². The van der Waals surface area contributed by atoms with Crippen LogP contribution in [-0.4, -0.2) is 54.8 Å². The Bertz CT molecular complexity index is 1420. The number of Topliss-reactive ketones (excluding diaryl/α,β-unsaturated/α-hetero) is 1. The second kappa shape index (κ2) is 13.6. The first-order valence-electron chi connectivity index (χ1n) is 14.5. The molecule has 2 heterocycles. The van der Waals surface area contributed by atoms with Gasteiger partial charge in [0.25, 0.3) is 0 Å². The van der Waals surface area contributed by atoms with Crippen LogP contribution >= 0.6 is 0 Å². The van der Waals surface area contributed by atoms with E-state index in [1.54, 1.807) is 12.4 Å². The summed E-state index contributed by atoms with van der Waals surface area (Å²) in [5.41, 5.74) is 10.3. The van der Waals surface area contributed by atoms with E-state index in [2.05, 4.69) is 30.5 Å². The number of nitrogens with one attached hydrogen (secondary N) is 1. The number of azo groups is 1. The molecule has 0 saturated heterocycles. The predicted octanol–water partition coefficient (Wildman–Crippen LogP) is 4.90. The zero-order chi connectivity index (χ0) is 29.5. The van der Waals surface area contributed by atoms with Gasteiger partial charge in [-0.1, -0.05) is 24.3 Å². The number of aliphatic imine (C=N–C) groups is 1. The Morgan fingerprint density at radius 2 is 1.60 bits per heavy atom. The number of carbonyl (C=O) groups excluding carboxylic acids is 2. The van der Waals surface area contributed by atoms with Gasteiger partial charge in [0.2, 0.25) is 11.9 Å². The number of nitrogens with two attached hydrogens (primary N) is 1. The van der Waals surface area contributed by atoms with Crippen molar-refractivity contribution in [2.75, 3.05) is 37.5 Å². The third-order valence-electron chi connectivity index (χ3n) is 8.12. The number of hydrogen-bond donors (Lipinski definition) is 2. The summed E-state index contributed by atoms with van der Waals surface area (Å²) in [7, 11) is 3.81. The van der Waals surface area contributed by atoms with Gasteiger partial charge in [-0.25, -0.2) is 15.0 Å². The minimum absolute atomic E-state index is 0.00347. The fraction of sp³-hybridized carbons (Fsp3) is 0.406. The molecule has 3 N–H and O–H groups in total. The predicted molar refractivity (Wildman–Crippen MR) is 164 cm³/mol. The van der Waals surface area contributed by atoms with Gasteiger partial charge in [0, 0.05) is 61.6 Å². The van der Waals surface area contributed by atoms with Crippen molar-refractivity contribution >= 4 is 29.2 Å². The molecule has 218 valence electrons. The van der Waals surface area contributed by atoms with E-state index in [-0.39, 0.29) is 24.0 Å². The van der Waals surface area contributed by atoms with Crippen LogP contribution in [-0.2, 0) is 16.0 Å². The maximum absolute atomic E-state index is 13.6. The minimum Gasteiger partial charge on any atom is -0.347 e. The molecule has 1 atom stereocenters. The molecule has 0 bridgehead atoms. The zero-order valence-electron chi connectivity index (χ0n) is 24.2. The SMILES string of the molecule is CN(C)c1ncc(-c2ccc(C[C@H](CC(=O)C3CCC(CN)CC3)C(=O)Nc3ccc(C4=NCN=N4)cc3)cc2)cn1. The molecule has 2 aliphatic rings. The monoisotopic (exact) mass is 566 g/mol. The highest BCUT2D eigenvalue weighted by Crippen LogP contribution is 2.31. The summed E-state index contributed by atoms with van der Waals surface area (Å²) in [6.07, 6.45) is 7.92. The Kier molecular flexibility index (Phi) is 9.43. The lowest BCUT2D eigenvalue weighted by atomic mass is 9.77. The average Bonchev–Trinajstić information content (AvgIpc) is 3.57. The Morgan fingerprint density at radius 3 is 2.19 bits per heavy atom. The van der Waals surface area contributed by atoms with E-state index in [0.29, 0.717) is 43.0 Å². The van der Waals surface area contributed by atoms with Gasteiger partial charge in [0.1, 0.15) is 5.78 Å². The van der Waals surface area contributed by atoms with E-state index in [9.17, 15) is 9.59 Å². The fourth-order valence-corrected chi connectivity index (χ4v) is 5.53. The third-order valence-corrected chi connectivity index (χ3v) is 8.12. The van der Waals surface area contributed by atoms with Crippen molar-refractivity contribution in [2.24, 2.45) is 38.7 Å². The molecule has 1 amide bonds. The van der Waals surface area contributed by atoms with E-state index < -0.39 is 5.92 Å². The van der Waals surface area contributed by atoms with Gasteiger partial charge in [-0.05, 0) is 80.0 Å². The van der Waals surface area contributed by atoms with E-state index in [4.69, 9.17) is 5.73 Å². The number of aromatic nitrogens is 2. The summed E-state index contributed by atoms with van der Waals surface area (Å²) < 4.78 is 0. The van der Waals surface area contributed by atoms with Gasteiger partial charge in [-0.15, -0.1) is 5.11 Å². The van der Waals surface area contributed by atoms with Crippen molar-refractivity contribution in [3.05, 3.63) is 72.1 Å².